The van der Waals surface area contributed by atoms with Gasteiger partial charge in [-0.25, -0.2) is 0 Å². The van der Waals surface area contributed by atoms with Crippen LogP contribution in [0.25, 0.3) is 0 Å². The van der Waals surface area contributed by atoms with Crippen molar-refractivity contribution >= 4 is 0 Å². The molecule has 0 bridgehead atoms. The molecule has 0 spiro atoms. The SMILES string of the molecule is C.C.C=CCO[C@@H]1C[C@@H]2c3cc(OC)c(OC)cc3CCN2C[C@H]1CC(C)C.COc1cc2c(cc1OC)[C@H]1C[C@@H](OCCO)[C@H](CC(C)C)CN1CC2. The summed E-state index contributed by atoms with van der Waals surface area (Å²) in [5, 5.41) is 9.22. The number of hydrogen-bond donors (Lipinski definition) is 1. The van der Waals surface area contributed by atoms with Crippen molar-refractivity contribution in [2.45, 2.75) is 105 Å². The van der Waals surface area contributed by atoms with Crippen LogP contribution in [-0.2, 0) is 22.3 Å². The first-order valence-corrected chi connectivity index (χ1v) is 19.6. The highest BCUT2D eigenvalue weighted by Gasteiger charge is 2.41. The number of ether oxygens (including phenoxy) is 6. The summed E-state index contributed by atoms with van der Waals surface area (Å²) in [7, 11) is 6.79. The highest BCUT2D eigenvalue weighted by Crippen LogP contribution is 2.46. The van der Waals surface area contributed by atoms with Gasteiger partial charge in [0.15, 0.2) is 23.0 Å². The van der Waals surface area contributed by atoms with Gasteiger partial charge in [0.05, 0.1) is 60.5 Å². The largest absolute Gasteiger partial charge is 0.493 e. The molecule has 54 heavy (non-hydrogen) atoms. The lowest BCUT2D eigenvalue weighted by Gasteiger charge is -2.47. The van der Waals surface area contributed by atoms with E-state index >= 15 is 0 Å². The molecule has 0 saturated carbocycles. The third-order valence-corrected chi connectivity index (χ3v) is 11.5. The molecule has 4 aliphatic rings. The summed E-state index contributed by atoms with van der Waals surface area (Å²) in [6.45, 7) is 18.5. The predicted molar refractivity (Wildman–Crippen MR) is 220 cm³/mol. The molecule has 2 saturated heterocycles. The van der Waals surface area contributed by atoms with Crippen LogP contribution in [0, 0.1) is 23.7 Å². The lowest BCUT2D eigenvalue weighted by Crippen LogP contribution is -2.49. The highest BCUT2D eigenvalue weighted by atomic mass is 16.5. The zero-order chi connectivity index (χ0) is 37.4. The molecule has 306 valence electrons. The number of methoxy groups -OCH3 is 4. The first kappa shape index (κ1) is 45.6. The summed E-state index contributed by atoms with van der Waals surface area (Å²) < 4.78 is 34.4. The van der Waals surface area contributed by atoms with E-state index in [9.17, 15) is 5.11 Å². The molecular formula is C45H74N2O7. The molecule has 0 aromatic heterocycles. The second-order valence-electron chi connectivity index (χ2n) is 15.9. The molecule has 4 aliphatic heterocycles. The molecule has 1 N–H and O–H groups in total. The summed E-state index contributed by atoms with van der Waals surface area (Å²) in [5.41, 5.74) is 5.46. The number of rotatable bonds is 14. The standard InChI is InChI=1S/C22H33NO3.C21H33NO4.2CH4/c1-6-9-26-20-13-19-18-12-22(25-5)21(24-4)11-16(18)7-8-23(19)14-17(20)10-15(2)3;1-14(2)9-16-13-22-6-5-15-10-20(24-3)21(25-4)11-17(15)18(22)12-19(16)26-8-7-23;;/h6,11-12,15,17,19-20H,1,7-10,13-14H2,2-5H3;10-11,14,16,18-19,23H,5-9,12-13H2,1-4H3;2*1H4/t17-,19-,20-;16-,18-,19-;;/m11../s1. The maximum absolute atomic E-state index is 9.22. The van der Waals surface area contributed by atoms with Crippen molar-refractivity contribution in [2.75, 3.05) is 74.4 Å². The summed E-state index contributed by atoms with van der Waals surface area (Å²) in [6.07, 6.45) is 8.85. The molecule has 6 atom stereocenters. The summed E-state index contributed by atoms with van der Waals surface area (Å²) in [4.78, 5) is 5.26. The Balaban J connectivity index is 0.000000280. The fraction of sp³-hybridized carbons (Fsp3) is 0.689. The monoisotopic (exact) mass is 755 g/mol. The number of aliphatic hydroxyl groups excluding tert-OH is 1. The molecule has 2 fully saturated rings. The number of fused-ring (bicyclic) bond motifs is 6. The van der Waals surface area contributed by atoms with Gasteiger partial charge >= 0.3 is 0 Å². The molecular weight excluding hydrogens is 681 g/mol. The van der Waals surface area contributed by atoms with E-state index in [1.807, 2.05) is 6.08 Å². The summed E-state index contributed by atoms with van der Waals surface area (Å²) >= 11 is 0. The maximum atomic E-state index is 9.22. The topological polar surface area (TPSA) is 82.1 Å². The van der Waals surface area contributed by atoms with Gasteiger partial charge in [-0.3, -0.25) is 9.80 Å². The molecule has 4 heterocycles. The fourth-order valence-electron chi connectivity index (χ4n) is 9.28. The van der Waals surface area contributed by atoms with Crippen LogP contribution in [0.1, 0.15) is 103 Å². The van der Waals surface area contributed by atoms with Crippen molar-refractivity contribution in [3.05, 3.63) is 59.2 Å². The van der Waals surface area contributed by atoms with Crippen molar-refractivity contribution in [1.82, 2.24) is 9.80 Å². The fourth-order valence-corrected chi connectivity index (χ4v) is 9.28. The van der Waals surface area contributed by atoms with E-state index in [0.717, 1.165) is 81.3 Å². The van der Waals surface area contributed by atoms with Gasteiger partial charge in [0.25, 0.3) is 0 Å². The number of aliphatic hydroxyl groups is 1. The Bertz CT molecular complexity index is 1450. The first-order chi connectivity index (χ1) is 25.1. The molecule has 6 rings (SSSR count). The minimum atomic E-state index is 0. The van der Waals surface area contributed by atoms with Crippen LogP contribution >= 0.6 is 0 Å². The Morgan fingerprint density at radius 2 is 1.09 bits per heavy atom. The average Bonchev–Trinajstić information content (AvgIpc) is 3.14. The van der Waals surface area contributed by atoms with Gasteiger partial charge in [0.2, 0.25) is 0 Å². The number of hydrogen-bond acceptors (Lipinski definition) is 9. The summed E-state index contributed by atoms with van der Waals surface area (Å²) in [5.74, 6) is 5.71. The Kier molecular flexibility index (Phi) is 18.1. The smallest absolute Gasteiger partial charge is 0.161 e. The molecule has 0 amide bonds. The van der Waals surface area contributed by atoms with E-state index in [2.05, 4.69) is 68.3 Å². The van der Waals surface area contributed by atoms with Crippen molar-refractivity contribution in [2.24, 2.45) is 23.7 Å². The van der Waals surface area contributed by atoms with Crippen LogP contribution in [0.5, 0.6) is 23.0 Å². The van der Waals surface area contributed by atoms with E-state index in [0.29, 0.717) is 49.0 Å². The number of nitrogens with zero attached hydrogens (tertiary/aromatic N) is 2. The third kappa shape index (κ3) is 10.7. The first-order valence-electron chi connectivity index (χ1n) is 19.6. The number of benzene rings is 2. The van der Waals surface area contributed by atoms with Crippen LogP contribution in [-0.4, -0.2) is 102 Å². The van der Waals surface area contributed by atoms with E-state index < -0.39 is 0 Å². The lowest BCUT2D eigenvalue weighted by molar-refractivity contribution is -0.0713. The predicted octanol–water partition coefficient (Wildman–Crippen LogP) is 8.56. The second kappa shape index (κ2) is 21.5. The molecule has 2 aromatic carbocycles. The van der Waals surface area contributed by atoms with Gasteiger partial charge in [-0.1, -0.05) is 48.6 Å². The Morgan fingerprint density at radius 1 is 0.685 bits per heavy atom. The molecule has 9 heteroatoms. The van der Waals surface area contributed by atoms with Gasteiger partial charge in [0, 0.05) is 38.3 Å². The molecule has 0 unspecified atom stereocenters. The van der Waals surface area contributed by atoms with E-state index in [1.54, 1.807) is 28.4 Å². The molecule has 0 aliphatic carbocycles. The van der Waals surface area contributed by atoms with Crippen molar-refractivity contribution < 1.29 is 33.5 Å². The maximum Gasteiger partial charge on any atom is 0.161 e. The molecule has 9 nitrogen and oxygen atoms in total. The zero-order valence-electron chi connectivity index (χ0n) is 33.2. The quantitative estimate of drug-likeness (QED) is 0.191. The normalized spacial score (nSPS) is 24.6. The third-order valence-electron chi connectivity index (χ3n) is 11.5. The highest BCUT2D eigenvalue weighted by molar-refractivity contribution is 5.50. The molecule has 0 radical (unpaired) electrons. The van der Waals surface area contributed by atoms with E-state index in [-0.39, 0.29) is 33.7 Å². The van der Waals surface area contributed by atoms with Crippen LogP contribution < -0.4 is 18.9 Å². The molecule has 2 aromatic rings. The van der Waals surface area contributed by atoms with Gasteiger partial charge in [-0.2, -0.15) is 0 Å². The second-order valence-corrected chi connectivity index (χ2v) is 15.9. The van der Waals surface area contributed by atoms with Gasteiger partial charge < -0.3 is 33.5 Å². The van der Waals surface area contributed by atoms with Crippen molar-refractivity contribution in [1.29, 1.82) is 0 Å². The minimum absolute atomic E-state index is 0. The summed E-state index contributed by atoms with van der Waals surface area (Å²) in [6, 6.07) is 9.37. The Labute approximate surface area is 328 Å². The zero-order valence-corrected chi connectivity index (χ0v) is 33.2. The van der Waals surface area contributed by atoms with E-state index in [4.69, 9.17) is 28.4 Å². The Hall–Kier alpha value is -2.82. The minimum Gasteiger partial charge on any atom is -0.493 e. The van der Waals surface area contributed by atoms with Crippen molar-refractivity contribution in [3.63, 3.8) is 0 Å². The van der Waals surface area contributed by atoms with Crippen LogP contribution in [0.15, 0.2) is 36.9 Å². The van der Waals surface area contributed by atoms with Gasteiger partial charge in [-0.15, -0.1) is 6.58 Å². The van der Waals surface area contributed by atoms with E-state index in [1.165, 1.54) is 28.7 Å². The van der Waals surface area contributed by atoms with Crippen LogP contribution in [0.3, 0.4) is 0 Å². The van der Waals surface area contributed by atoms with Crippen LogP contribution in [0.2, 0.25) is 0 Å². The average molecular weight is 755 g/mol. The van der Waals surface area contributed by atoms with Crippen molar-refractivity contribution in [3.8, 4) is 23.0 Å². The lowest BCUT2D eigenvalue weighted by atomic mass is 9.79. The van der Waals surface area contributed by atoms with Crippen LogP contribution in [0.4, 0.5) is 0 Å². The van der Waals surface area contributed by atoms with Gasteiger partial charge in [-0.05, 0) is 109 Å². The van der Waals surface area contributed by atoms with Gasteiger partial charge in [0.1, 0.15) is 0 Å². The number of piperidine rings is 2. The Morgan fingerprint density at radius 3 is 1.46 bits per heavy atom.